The maximum absolute atomic E-state index is 11.9. The molecule has 2 atom stereocenters. The minimum absolute atomic E-state index is 0.0442. The first-order valence-electron chi connectivity index (χ1n) is 5.63. The molecule has 0 aromatic rings. The number of likely N-dealkylation sites (tertiary alicyclic amines) is 1. The lowest BCUT2D eigenvalue weighted by Gasteiger charge is -2.14. The highest BCUT2D eigenvalue weighted by atomic mass is 16.2. The Labute approximate surface area is 94.5 Å². The third-order valence-electron chi connectivity index (χ3n) is 3.27. The van der Waals surface area contributed by atoms with Crippen LogP contribution in [0, 0.1) is 23.2 Å². The van der Waals surface area contributed by atoms with E-state index in [0.717, 1.165) is 0 Å². The van der Waals surface area contributed by atoms with Crippen LogP contribution in [0.5, 0.6) is 0 Å². The number of allylic oxidation sites excluding steroid dienone is 2. The minimum Gasteiger partial charge on any atom is -0.282 e. The van der Waals surface area contributed by atoms with E-state index < -0.39 is 0 Å². The van der Waals surface area contributed by atoms with Crippen molar-refractivity contribution < 1.29 is 9.59 Å². The highest BCUT2D eigenvalue weighted by Crippen LogP contribution is 2.34. The Kier molecular flexibility index (Phi) is 3.04. The van der Waals surface area contributed by atoms with Gasteiger partial charge in [0.25, 0.3) is 0 Å². The van der Waals surface area contributed by atoms with Gasteiger partial charge in [0.15, 0.2) is 0 Å². The van der Waals surface area contributed by atoms with Gasteiger partial charge in [-0.1, -0.05) is 12.2 Å². The van der Waals surface area contributed by atoms with E-state index in [0.29, 0.717) is 32.2 Å². The highest BCUT2D eigenvalue weighted by molar-refractivity contribution is 6.05. The molecule has 84 valence electrons. The van der Waals surface area contributed by atoms with Crippen LogP contribution in [0.1, 0.15) is 25.7 Å². The third-order valence-corrected chi connectivity index (χ3v) is 3.27. The van der Waals surface area contributed by atoms with Crippen molar-refractivity contribution in [2.24, 2.45) is 11.8 Å². The summed E-state index contributed by atoms with van der Waals surface area (Å²) in [5, 5.41) is 8.43. The average molecular weight is 218 g/mol. The Hall–Kier alpha value is -1.63. The van der Waals surface area contributed by atoms with Crippen molar-refractivity contribution >= 4 is 11.8 Å². The molecule has 1 fully saturated rings. The van der Waals surface area contributed by atoms with E-state index in [4.69, 9.17) is 5.26 Å². The molecule has 4 heteroatoms. The fourth-order valence-electron chi connectivity index (χ4n) is 2.41. The number of hydrogen-bond donors (Lipinski definition) is 0. The lowest BCUT2D eigenvalue weighted by atomic mass is 9.85. The van der Waals surface area contributed by atoms with E-state index >= 15 is 0 Å². The van der Waals surface area contributed by atoms with Gasteiger partial charge in [-0.15, -0.1) is 0 Å². The van der Waals surface area contributed by atoms with E-state index in [1.54, 1.807) is 0 Å². The first-order valence-corrected chi connectivity index (χ1v) is 5.63. The van der Waals surface area contributed by atoms with Crippen LogP contribution in [-0.4, -0.2) is 23.3 Å². The molecule has 1 saturated heterocycles. The van der Waals surface area contributed by atoms with Gasteiger partial charge in [0.05, 0.1) is 17.9 Å². The number of nitriles is 1. The van der Waals surface area contributed by atoms with Crippen molar-refractivity contribution in [1.29, 1.82) is 5.26 Å². The smallest absolute Gasteiger partial charge is 0.233 e. The summed E-state index contributed by atoms with van der Waals surface area (Å²) in [6.07, 6.45) is 6.30. The Bertz CT molecular complexity index is 355. The SMILES string of the molecule is N#CCCCN1C(=O)[C@H]2CC=CC[C@@H]2C1=O. The number of nitrogens with zero attached hydrogens (tertiary/aromatic N) is 2. The van der Waals surface area contributed by atoms with E-state index in [9.17, 15) is 9.59 Å². The molecular formula is C12H14N2O2. The zero-order valence-electron chi connectivity index (χ0n) is 9.06. The summed E-state index contributed by atoms with van der Waals surface area (Å²) in [6.45, 7) is 0.401. The molecule has 0 saturated carbocycles. The first-order chi connectivity index (χ1) is 7.75. The number of rotatable bonds is 3. The number of hydrogen-bond acceptors (Lipinski definition) is 3. The van der Waals surface area contributed by atoms with Gasteiger partial charge in [-0.2, -0.15) is 5.26 Å². The Morgan fingerprint density at radius 1 is 1.25 bits per heavy atom. The zero-order valence-corrected chi connectivity index (χ0v) is 9.06. The second-order valence-corrected chi connectivity index (χ2v) is 4.25. The largest absolute Gasteiger partial charge is 0.282 e. The molecule has 0 unspecified atom stereocenters. The Morgan fingerprint density at radius 3 is 2.31 bits per heavy atom. The zero-order chi connectivity index (χ0) is 11.5. The van der Waals surface area contributed by atoms with Crippen molar-refractivity contribution in [3.63, 3.8) is 0 Å². The molecule has 1 heterocycles. The summed E-state index contributed by atoms with van der Waals surface area (Å²) < 4.78 is 0. The number of carbonyl (C=O) groups is 2. The fraction of sp³-hybridized carbons (Fsp3) is 0.583. The number of imide groups is 1. The number of amides is 2. The predicted octanol–water partition coefficient (Wildman–Crippen LogP) is 1.24. The van der Waals surface area contributed by atoms with Gasteiger partial charge >= 0.3 is 0 Å². The van der Waals surface area contributed by atoms with E-state index in [2.05, 4.69) is 0 Å². The summed E-state index contributed by atoms with van der Waals surface area (Å²) in [7, 11) is 0. The Morgan fingerprint density at radius 2 is 1.81 bits per heavy atom. The molecular weight excluding hydrogens is 204 g/mol. The summed E-state index contributed by atoms with van der Waals surface area (Å²) in [5.41, 5.74) is 0. The number of fused-ring (bicyclic) bond motifs is 1. The molecule has 0 bridgehead atoms. The van der Waals surface area contributed by atoms with Crippen LogP contribution in [-0.2, 0) is 9.59 Å². The summed E-state index contributed by atoms with van der Waals surface area (Å²) in [6, 6.07) is 2.02. The molecule has 2 rings (SSSR count). The Balaban J connectivity index is 2.03. The quantitative estimate of drug-likeness (QED) is 0.407. The second-order valence-electron chi connectivity index (χ2n) is 4.25. The molecule has 0 aromatic heterocycles. The molecule has 0 radical (unpaired) electrons. The van der Waals surface area contributed by atoms with E-state index in [-0.39, 0.29) is 23.7 Å². The van der Waals surface area contributed by atoms with Gasteiger partial charge in [0.2, 0.25) is 11.8 Å². The van der Waals surface area contributed by atoms with Gasteiger partial charge in [-0.25, -0.2) is 0 Å². The van der Waals surface area contributed by atoms with E-state index in [1.807, 2.05) is 18.2 Å². The van der Waals surface area contributed by atoms with Crippen LogP contribution < -0.4 is 0 Å². The van der Waals surface area contributed by atoms with Crippen molar-refractivity contribution in [1.82, 2.24) is 4.90 Å². The molecule has 0 N–H and O–H groups in total. The van der Waals surface area contributed by atoms with Crippen LogP contribution in [0.25, 0.3) is 0 Å². The van der Waals surface area contributed by atoms with Crippen LogP contribution in [0.3, 0.4) is 0 Å². The average Bonchev–Trinajstić information content (AvgIpc) is 2.55. The second kappa shape index (κ2) is 4.48. The normalized spacial score (nSPS) is 28.1. The number of carbonyl (C=O) groups excluding carboxylic acids is 2. The molecule has 0 spiro atoms. The van der Waals surface area contributed by atoms with Gasteiger partial charge in [-0.05, 0) is 19.3 Å². The molecule has 4 nitrogen and oxygen atoms in total. The van der Waals surface area contributed by atoms with Crippen LogP contribution in [0.2, 0.25) is 0 Å². The molecule has 1 aliphatic heterocycles. The third kappa shape index (κ3) is 1.73. The standard InChI is InChI=1S/C12H14N2O2/c13-7-3-4-8-14-11(15)9-5-1-2-6-10(9)12(14)16/h1-2,9-10H,3-6,8H2/t9-,10-/m0/s1. The maximum Gasteiger partial charge on any atom is 0.233 e. The molecule has 1 aliphatic carbocycles. The van der Waals surface area contributed by atoms with Crippen LogP contribution in [0.15, 0.2) is 12.2 Å². The minimum atomic E-state index is -0.139. The van der Waals surface area contributed by atoms with Crippen molar-refractivity contribution in [2.75, 3.05) is 6.54 Å². The molecule has 16 heavy (non-hydrogen) atoms. The van der Waals surface area contributed by atoms with E-state index in [1.165, 1.54) is 4.90 Å². The van der Waals surface area contributed by atoms with Gasteiger partial charge in [0.1, 0.15) is 0 Å². The summed E-state index contributed by atoms with van der Waals surface area (Å²) in [4.78, 5) is 25.2. The molecule has 2 amide bonds. The van der Waals surface area contributed by atoms with Crippen molar-refractivity contribution in [3.8, 4) is 6.07 Å². The monoisotopic (exact) mass is 218 g/mol. The lowest BCUT2D eigenvalue weighted by Crippen LogP contribution is -2.32. The summed E-state index contributed by atoms with van der Waals surface area (Å²) >= 11 is 0. The summed E-state index contributed by atoms with van der Waals surface area (Å²) in [5.74, 6) is -0.367. The highest BCUT2D eigenvalue weighted by Gasteiger charge is 2.46. The maximum atomic E-state index is 11.9. The molecule has 0 aromatic carbocycles. The topological polar surface area (TPSA) is 61.2 Å². The van der Waals surface area contributed by atoms with Gasteiger partial charge in [-0.3, -0.25) is 14.5 Å². The van der Waals surface area contributed by atoms with Crippen LogP contribution >= 0.6 is 0 Å². The lowest BCUT2D eigenvalue weighted by molar-refractivity contribution is -0.139. The van der Waals surface area contributed by atoms with Crippen LogP contribution in [0.4, 0.5) is 0 Å². The van der Waals surface area contributed by atoms with Gasteiger partial charge in [0, 0.05) is 13.0 Å². The fourth-order valence-corrected chi connectivity index (χ4v) is 2.41. The van der Waals surface area contributed by atoms with Crippen molar-refractivity contribution in [2.45, 2.75) is 25.7 Å². The predicted molar refractivity (Wildman–Crippen MR) is 56.9 cm³/mol. The number of unbranched alkanes of at least 4 members (excludes halogenated alkanes) is 1. The molecule has 2 aliphatic rings. The van der Waals surface area contributed by atoms with Gasteiger partial charge < -0.3 is 0 Å². The van der Waals surface area contributed by atoms with Crippen molar-refractivity contribution in [3.05, 3.63) is 12.2 Å². The first kappa shape index (κ1) is 10.9.